The van der Waals surface area contributed by atoms with Crippen LogP contribution >= 0.6 is 11.6 Å². The van der Waals surface area contributed by atoms with Crippen LogP contribution in [0.1, 0.15) is 25.1 Å². The summed E-state index contributed by atoms with van der Waals surface area (Å²) in [4.78, 5) is 8.82. The minimum absolute atomic E-state index is 0.302. The van der Waals surface area contributed by atoms with E-state index in [0.717, 1.165) is 54.8 Å². The van der Waals surface area contributed by atoms with Gasteiger partial charge in [-0.2, -0.15) is 5.10 Å². The van der Waals surface area contributed by atoms with Crippen LogP contribution < -0.4 is 4.90 Å². The Labute approximate surface area is 147 Å². The number of hydrogen-bond acceptors (Lipinski definition) is 4. The van der Waals surface area contributed by atoms with Gasteiger partial charge in [0.05, 0.1) is 11.9 Å². The van der Waals surface area contributed by atoms with Gasteiger partial charge in [0.1, 0.15) is 16.8 Å². The highest BCUT2D eigenvalue weighted by Gasteiger charge is 2.26. The molecular formula is C17H23ClFN5. The van der Waals surface area contributed by atoms with Crippen molar-refractivity contribution in [2.75, 3.05) is 24.5 Å². The topological polar surface area (TPSA) is 37.2 Å². The summed E-state index contributed by atoms with van der Waals surface area (Å²) in [6, 6.07) is 3.51. The monoisotopic (exact) mass is 351 g/mol. The van der Waals surface area contributed by atoms with Gasteiger partial charge < -0.3 is 4.90 Å². The fraction of sp³-hybridized carbons (Fsp3) is 0.529. The number of nitrogens with zero attached hydrogens (tertiary/aromatic N) is 5. The highest BCUT2D eigenvalue weighted by Crippen LogP contribution is 2.24. The Balaban J connectivity index is 1.69. The van der Waals surface area contributed by atoms with Gasteiger partial charge in [-0.3, -0.25) is 9.58 Å². The normalized spacial score (nSPS) is 19.0. The summed E-state index contributed by atoms with van der Waals surface area (Å²) >= 11 is 6.41. The lowest BCUT2D eigenvalue weighted by atomic mass is 10.1. The summed E-state index contributed by atoms with van der Waals surface area (Å²) in [6.45, 7) is 7.76. The van der Waals surface area contributed by atoms with Crippen LogP contribution in [0.15, 0.2) is 18.3 Å². The Kier molecular flexibility index (Phi) is 5.06. The summed E-state index contributed by atoms with van der Waals surface area (Å²) in [7, 11) is 1.88. The molecule has 5 nitrogen and oxygen atoms in total. The molecule has 130 valence electrons. The lowest BCUT2D eigenvalue weighted by Gasteiger charge is -2.40. The van der Waals surface area contributed by atoms with E-state index < -0.39 is 0 Å². The molecule has 1 aliphatic heterocycles. The Morgan fingerprint density at radius 1 is 1.33 bits per heavy atom. The molecule has 1 saturated heterocycles. The molecule has 0 aromatic carbocycles. The van der Waals surface area contributed by atoms with Crippen LogP contribution in [0, 0.1) is 5.82 Å². The van der Waals surface area contributed by atoms with E-state index in [-0.39, 0.29) is 5.82 Å². The average molecular weight is 352 g/mol. The number of anilines is 1. The fourth-order valence-electron chi connectivity index (χ4n) is 3.32. The van der Waals surface area contributed by atoms with Crippen molar-refractivity contribution in [1.82, 2.24) is 19.7 Å². The fourth-order valence-corrected chi connectivity index (χ4v) is 3.53. The molecule has 3 rings (SSSR count). The van der Waals surface area contributed by atoms with Crippen LogP contribution in [-0.4, -0.2) is 45.3 Å². The van der Waals surface area contributed by atoms with Gasteiger partial charge in [-0.1, -0.05) is 18.5 Å². The number of hydrogen-bond donors (Lipinski definition) is 0. The summed E-state index contributed by atoms with van der Waals surface area (Å²) in [5.41, 5.74) is 2.19. The quantitative estimate of drug-likeness (QED) is 0.848. The van der Waals surface area contributed by atoms with E-state index in [9.17, 15) is 4.39 Å². The number of pyridine rings is 1. The van der Waals surface area contributed by atoms with Gasteiger partial charge in [0, 0.05) is 44.8 Å². The molecule has 24 heavy (non-hydrogen) atoms. The van der Waals surface area contributed by atoms with Gasteiger partial charge in [0.2, 0.25) is 0 Å². The van der Waals surface area contributed by atoms with Crippen LogP contribution in [0.4, 0.5) is 10.2 Å². The minimum Gasteiger partial charge on any atom is -0.351 e. The molecule has 0 amide bonds. The molecule has 0 spiro atoms. The maximum Gasteiger partial charge on any atom is 0.141 e. The number of rotatable bonds is 4. The summed E-state index contributed by atoms with van der Waals surface area (Å²) in [6.07, 6.45) is 2.16. The average Bonchev–Trinajstić information content (AvgIpc) is 2.84. The van der Waals surface area contributed by atoms with Crippen molar-refractivity contribution in [3.8, 4) is 0 Å². The molecule has 0 N–H and O–H groups in total. The van der Waals surface area contributed by atoms with Crippen molar-refractivity contribution in [1.29, 1.82) is 0 Å². The maximum atomic E-state index is 13.1. The SMILES string of the molecule is CCc1nn(C)c(Cl)c1CN1CCN(c2ccc(F)cn2)C(C)C1. The molecule has 0 radical (unpaired) electrons. The zero-order valence-electron chi connectivity index (χ0n) is 14.3. The Bertz CT molecular complexity index is 700. The van der Waals surface area contributed by atoms with Gasteiger partial charge in [-0.05, 0) is 25.5 Å². The van der Waals surface area contributed by atoms with Crippen molar-refractivity contribution in [2.24, 2.45) is 7.05 Å². The number of piperazine rings is 1. The van der Waals surface area contributed by atoms with Gasteiger partial charge in [-0.15, -0.1) is 0 Å². The van der Waals surface area contributed by atoms with Crippen LogP contribution in [0.3, 0.4) is 0 Å². The molecule has 2 aromatic heterocycles. The molecule has 0 saturated carbocycles. The first-order chi connectivity index (χ1) is 11.5. The van der Waals surface area contributed by atoms with Gasteiger partial charge in [0.15, 0.2) is 0 Å². The van der Waals surface area contributed by atoms with Crippen molar-refractivity contribution in [3.63, 3.8) is 0 Å². The van der Waals surface area contributed by atoms with E-state index in [1.54, 1.807) is 10.7 Å². The summed E-state index contributed by atoms with van der Waals surface area (Å²) in [5.74, 6) is 0.528. The van der Waals surface area contributed by atoms with Crippen molar-refractivity contribution >= 4 is 17.4 Å². The molecule has 1 aliphatic rings. The summed E-state index contributed by atoms with van der Waals surface area (Å²) < 4.78 is 14.8. The van der Waals surface area contributed by atoms with Gasteiger partial charge in [0.25, 0.3) is 0 Å². The molecule has 1 unspecified atom stereocenters. The predicted molar refractivity (Wildman–Crippen MR) is 93.9 cm³/mol. The molecular weight excluding hydrogens is 329 g/mol. The lowest BCUT2D eigenvalue weighted by Crippen LogP contribution is -2.52. The molecule has 2 aromatic rings. The molecule has 7 heteroatoms. The maximum absolute atomic E-state index is 13.1. The van der Waals surface area contributed by atoms with E-state index >= 15 is 0 Å². The third-order valence-electron chi connectivity index (χ3n) is 4.59. The van der Waals surface area contributed by atoms with E-state index in [0.29, 0.717) is 6.04 Å². The molecule has 3 heterocycles. The van der Waals surface area contributed by atoms with Crippen LogP contribution in [0.25, 0.3) is 0 Å². The first-order valence-corrected chi connectivity index (χ1v) is 8.68. The van der Waals surface area contributed by atoms with Crippen LogP contribution in [0.5, 0.6) is 0 Å². The van der Waals surface area contributed by atoms with Crippen LogP contribution in [-0.2, 0) is 20.0 Å². The van der Waals surface area contributed by atoms with E-state index in [1.807, 2.05) is 7.05 Å². The van der Waals surface area contributed by atoms with E-state index in [2.05, 4.69) is 33.7 Å². The molecule has 1 atom stereocenters. The molecule has 1 fully saturated rings. The first-order valence-electron chi connectivity index (χ1n) is 8.30. The van der Waals surface area contributed by atoms with Gasteiger partial charge in [-0.25, -0.2) is 9.37 Å². The van der Waals surface area contributed by atoms with E-state index in [4.69, 9.17) is 11.6 Å². The van der Waals surface area contributed by atoms with E-state index in [1.165, 1.54) is 12.3 Å². The second-order valence-corrected chi connectivity index (χ2v) is 6.66. The van der Waals surface area contributed by atoms with Gasteiger partial charge >= 0.3 is 0 Å². The third kappa shape index (κ3) is 3.39. The largest absolute Gasteiger partial charge is 0.351 e. The van der Waals surface area contributed by atoms with Crippen molar-refractivity contribution in [3.05, 3.63) is 40.6 Å². The zero-order valence-corrected chi connectivity index (χ0v) is 15.1. The second-order valence-electron chi connectivity index (χ2n) is 6.31. The standard InChI is InChI=1S/C17H23ClFN5/c1-4-15-14(17(18)22(3)21-15)11-23-7-8-24(12(2)10-23)16-6-5-13(19)9-20-16/h5-6,9,12H,4,7-8,10-11H2,1-3H3. The van der Waals surface area contributed by atoms with Crippen molar-refractivity contribution < 1.29 is 4.39 Å². The highest BCUT2D eigenvalue weighted by atomic mass is 35.5. The minimum atomic E-state index is -0.302. The smallest absolute Gasteiger partial charge is 0.141 e. The lowest BCUT2D eigenvalue weighted by molar-refractivity contribution is 0.220. The van der Waals surface area contributed by atoms with Crippen molar-refractivity contribution in [2.45, 2.75) is 32.9 Å². The predicted octanol–water partition coefficient (Wildman–Crippen LogP) is 2.88. The number of halogens is 2. The Hall–Kier alpha value is -1.66. The number of aromatic nitrogens is 3. The molecule has 0 aliphatic carbocycles. The Morgan fingerprint density at radius 2 is 2.12 bits per heavy atom. The zero-order chi connectivity index (χ0) is 17.3. The third-order valence-corrected chi connectivity index (χ3v) is 5.06. The number of aryl methyl sites for hydroxylation is 2. The first kappa shape index (κ1) is 17.2. The second kappa shape index (κ2) is 7.07. The van der Waals surface area contributed by atoms with Crippen LogP contribution in [0.2, 0.25) is 5.15 Å². The molecule has 0 bridgehead atoms. The summed E-state index contributed by atoms with van der Waals surface area (Å²) in [5, 5.41) is 5.21. The Morgan fingerprint density at radius 3 is 2.75 bits per heavy atom. The highest BCUT2D eigenvalue weighted by molar-refractivity contribution is 6.30.